The van der Waals surface area contributed by atoms with Gasteiger partial charge in [-0.1, -0.05) is 0 Å². The maximum absolute atomic E-state index is 11.8. The second-order valence-electron chi connectivity index (χ2n) is 3.35. The van der Waals surface area contributed by atoms with Crippen LogP contribution >= 0.6 is 0 Å². The molecule has 0 aliphatic rings. The molecule has 6 nitrogen and oxygen atoms in total. The number of ether oxygens (including phenoxy) is 1. The average molecular weight is 271 g/mol. The topological polar surface area (TPSA) is 92.7 Å². The molecule has 1 atom stereocenters. The molecule has 0 aromatic rings. The van der Waals surface area contributed by atoms with Crippen molar-refractivity contribution in [3.8, 4) is 0 Å². The third kappa shape index (κ3) is 7.47. The monoisotopic (exact) mass is 271 g/mol. The van der Waals surface area contributed by atoms with Crippen LogP contribution < -0.4 is 5.32 Å². The van der Waals surface area contributed by atoms with E-state index in [1.165, 1.54) is 0 Å². The van der Waals surface area contributed by atoms with Crippen molar-refractivity contribution < 1.29 is 37.4 Å². The summed E-state index contributed by atoms with van der Waals surface area (Å²) in [6.45, 7) is 0. The van der Waals surface area contributed by atoms with Crippen LogP contribution in [0, 0.1) is 0 Å². The Labute approximate surface area is 100 Å². The number of hydrogen-bond acceptors (Lipinski definition) is 4. The van der Waals surface area contributed by atoms with Gasteiger partial charge < -0.3 is 15.2 Å². The molecular weight excluding hydrogens is 259 g/mol. The van der Waals surface area contributed by atoms with Crippen LogP contribution in [0.4, 0.5) is 13.2 Å². The molecule has 0 aliphatic carbocycles. The van der Waals surface area contributed by atoms with E-state index in [4.69, 9.17) is 5.11 Å². The Kier molecular flexibility index (Phi) is 6.14. The number of carbonyl (C=O) groups is 3. The van der Waals surface area contributed by atoms with Gasteiger partial charge in [-0.2, -0.15) is 13.2 Å². The summed E-state index contributed by atoms with van der Waals surface area (Å²) in [7, 11) is 1.02. The van der Waals surface area contributed by atoms with Crippen molar-refractivity contribution in [2.75, 3.05) is 7.11 Å². The van der Waals surface area contributed by atoms with Crippen molar-refractivity contribution in [1.82, 2.24) is 5.32 Å². The minimum absolute atomic E-state index is 0.649. The van der Waals surface area contributed by atoms with Crippen LogP contribution in [0.5, 0.6) is 0 Å². The molecule has 0 bridgehead atoms. The summed E-state index contributed by atoms with van der Waals surface area (Å²) in [6.07, 6.45) is -7.40. The SMILES string of the molecule is COC(=O)C[C@H](NC(=O)CCC(F)(F)F)C(=O)O. The third-order valence-corrected chi connectivity index (χ3v) is 1.87. The molecule has 0 unspecified atom stereocenters. The summed E-state index contributed by atoms with van der Waals surface area (Å²) in [5.41, 5.74) is 0. The molecule has 0 radical (unpaired) electrons. The largest absolute Gasteiger partial charge is 0.480 e. The number of amides is 1. The minimum Gasteiger partial charge on any atom is -0.480 e. The molecule has 0 heterocycles. The lowest BCUT2D eigenvalue weighted by Crippen LogP contribution is -2.42. The number of aliphatic carboxylic acids is 1. The van der Waals surface area contributed by atoms with Crippen molar-refractivity contribution in [1.29, 1.82) is 0 Å². The molecule has 18 heavy (non-hydrogen) atoms. The van der Waals surface area contributed by atoms with E-state index in [2.05, 4.69) is 4.74 Å². The van der Waals surface area contributed by atoms with Crippen molar-refractivity contribution in [2.24, 2.45) is 0 Å². The summed E-state index contributed by atoms with van der Waals surface area (Å²) >= 11 is 0. The molecule has 0 saturated heterocycles. The average Bonchev–Trinajstić information content (AvgIpc) is 2.24. The van der Waals surface area contributed by atoms with Crippen LogP contribution in [0.3, 0.4) is 0 Å². The summed E-state index contributed by atoms with van der Waals surface area (Å²) in [5.74, 6) is -3.51. The lowest BCUT2D eigenvalue weighted by molar-refractivity contribution is -0.150. The number of carboxylic acids is 1. The Balaban J connectivity index is 4.29. The highest BCUT2D eigenvalue weighted by atomic mass is 19.4. The quantitative estimate of drug-likeness (QED) is 0.685. The summed E-state index contributed by atoms with van der Waals surface area (Å²) in [5, 5.41) is 10.5. The molecule has 0 aromatic carbocycles. The van der Waals surface area contributed by atoms with Gasteiger partial charge in [0.2, 0.25) is 5.91 Å². The van der Waals surface area contributed by atoms with E-state index >= 15 is 0 Å². The van der Waals surface area contributed by atoms with Crippen molar-refractivity contribution in [3.05, 3.63) is 0 Å². The van der Waals surface area contributed by atoms with E-state index in [1.54, 1.807) is 0 Å². The zero-order valence-corrected chi connectivity index (χ0v) is 9.41. The van der Waals surface area contributed by atoms with Crippen LogP contribution in [0.15, 0.2) is 0 Å². The molecule has 0 aromatic heterocycles. The van der Waals surface area contributed by atoms with Crippen molar-refractivity contribution in [3.63, 3.8) is 0 Å². The lowest BCUT2D eigenvalue weighted by atomic mass is 10.2. The molecule has 1 amide bonds. The van der Waals surface area contributed by atoms with Crippen LogP contribution in [-0.4, -0.2) is 42.3 Å². The lowest BCUT2D eigenvalue weighted by Gasteiger charge is -2.13. The van der Waals surface area contributed by atoms with Gasteiger partial charge in [0.05, 0.1) is 20.0 Å². The molecule has 104 valence electrons. The van der Waals surface area contributed by atoms with Crippen molar-refractivity contribution in [2.45, 2.75) is 31.5 Å². The number of methoxy groups -OCH3 is 1. The highest BCUT2D eigenvalue weighted by Gasteiger charge is 2.29. The summed E-state index contributed by atoms with van der Waals surface area (Å²) in [6, 6.07) is -1.60. The van der Waals surface area contributed by atoms with Gasteiger partial charge in [0.25, 0.3) is 0 Å². The molecule has 0 fully saturated rings. The first-order valence-corrected chi connectivity index (χ1v) is 4.81. The van der Waals surface area contributed by atoms with Crippen molar-refractivity contribution >= 4 is 17.8 Å². The van der Waals surface area contributed by atoms with Crippen LogP contribution in [-0.2, 0) is 19.1 Å². The van der Waals surface area contributed by atoms with E-state index in [0.717, 1.165) is 7.11 Å². The third-order valence-electron chi connectivity index (χ3n) is 1.87. The standard InChI is InChI=1S/C9H12F3NO5/c1-18-7(15)4-5(8(16)17)13-6(14)2-3-9(10,11)12/h5H,2-4H2,1H3,(H,13,14)(H,16,17)/t5-/m0/s1. The first kappa shape index (κ1) is 16.2. The van der Waals surface area contributed by atoms with Crippen LogP contribution in [0.1, 0.15) is 19.3 Å². The Hall–Kier alpha value is -1.80. The molecule has 0 spiro atoms. The van der Waals surface area contributed by atoms with E-state index in [0.29, 0.717) is 0 Å². The number of esters is 1. The molecule has 0 saturated carbocycles. The van der Waals surface area contributed by atoms with Gasteiger partial charge in [-0.05, 0) is 0 Å². The van der Waals surface area contributed by atoms with Crippen LogP contribution in [0.2, 0.25) is 0 Å². The molecular formula is C9H12F3NO5. The number of nitrogens with one attached hydrogen (secondary N) is 1. The fourth-order valence-corrected chi connectivity index (χ4v) is 0.972. The van der Waals surface area contributed by atoms with Gasteiger partial charge in [-0.3, -0.25) is 9.59 Å². The number of alkyl halides is 3. The predicted octanol–water partition coefficient (Wildman–Crippen LogP) is 0.461. The summed E-state index contributed by atoms with van der Waals surface area (Å²) in [4.78, 5) is 32.5. The first-order chi connectivity index (χ1) is 8.15. The zero-order chi connectivity index (χ0) is 14.3. The van der Waals surface area contributed by atoms with E-state index in [-0.39, 0.29) is 0 Å². The smallest absolute Gasteiger partial charge is 0.389 e. The molecule has 0 aliphatic heterocycles. The van der Waals surface area contributed by atoms with Gasteiger partial charge in [-0.25, -0.2) is 4.79 Å². The number of halogens is 3. The normalized spacial score (nSPS) is 12.7. The van der Waals surface area contributed by atoms with Gasteiger partial charge in [-0.15, -0.1) is 0 Å². The Morgan fingerprint density at radius 2 is 1.89 bits per heavy atom. The highest BCUT2D eigenvalue weighted by molar-refractivity contribution is 5.87. The second kappa shape index (κ2) is 6.82. The van der Waals surface area contributed by atoms with Gasteiger partial charge in [0.1, 0.15) is 6.04 Å². The Morgan fingerprint density at radius 3 is 2.28 bits per heavy atom. The molecule has 2 N–H and O–H groups in total. The van der Waals surface area contributed by atoms with Gasteiger partial charge in [0.15, 0.2) is 0 Å². The number of rotatable bonds is 6. The molecule has 9 heteroatoms. The van der Waals surface area contributed by atoms with E-state index < -0.39 is 49.3 Å². The highest BCUT2D eigenvalue weighted by Crippen LogP contribution is 2.21. The zero-order valence-electron chi connectivity index (χ0n) is 9.41. The number of carbonyl (C=O) groups excluding carboxylic acids is 2. The fourth-order valence-electron chi connectivity index (χ4n) is 0.972. The van der Waals surface area contributed by atoms with Gasteiger partial charge in [0, 0.05) is 6.42 Å². The van der Waals surface area contributed by atoms with E-state index in [9.17, 15) is 27.6 Å². The van der Waals surface area contributed by atoms with Gasteiger partial charge >= 0.3 is 18.1 Å². The number of carboxylic acid groups (broad SMARTS) is 1. The first-order valence-electron chi connectivity index (χ1n) is 4.81. The Bertz CT molecular complexity index is 329. The maximum Gasteiger partial charge on any atom is 0.389 e. The summed E-state index contributed by atoms with van der Waals surface area (Å²) < 4.78 is 39.6. The number of hydrogen-bond donors (Lipinski definition) is 2. The fraction of sp³-hybridized carbons (Fsp3) is 0.667. The second-order valence-corrected chi connectivity index (χ2v) is 3.35. The maximum atomic E-state index is 11.8. The molecule has 0 rings (SSSR count). The van der Waals surface area contributed by atoms with Crippen LogP contribution in [0.25, 0.3) is 0 Å². The van der Waals surface area contributed by atoms with E-state index in [1.807, 2.05) is 5.32 Å². The predicted molar refractivity (Wildman–Crippen MR) is 51.5 cm³/mol. The Morgan fingerprint density at radius 1 is 1.33 bits per heavy atom. The minimum atomic E-state index is -4.50.